The highest BCUT2D eigenvalue weighted by Crippen LogP contribution is 2.38. The van der Waals surface area contributed by atoms with Crippen LogP contribution in [0.4, 0.5) is 4.39 Å². The van der Waals surface area contributed by atoms with Crippen molar-refractivity contribution in [3.8, 4) is 0 Å². The smallest absolute Gasteiger partial charge is 0.212 e. The Morgan fingerprint density at radius 1 is 1.54 bits per heavy atom. The third-order valence-electron chi connectivity index (χ3n) is 2.50. The highest BCUT2D eigenvalue weighted by atomic mass is 19.1. The zero-order valence-electron chi connectivity index (χ0n) is 7.07. The molecule has 0 saturated heterocycles. The first-order valence-corrected chi connectivity index (χ1v) is 4.19. The van der Waals surface area contributed by atoms with Gasteiger partial charge in [-0.05, 0) is 24.5 Å². The van der Waals surface area contributed by atoms with Crippen molar-refractivity contribution in [2.75, 3.05) is 0 Å². The average Bonchev–Trinajstić information content (AvgIpc) is 2.03. The van der Waals surface area contributed by atoms with Crippen LogP contribution in [0.2, 0.25) is 0 Å². The summed E-state index contributed by atoms with van der Waals surface area (Å²) in [7, 11) is 0. The van der Waals surface area contributed by atoms with Crippen molar-refractivity contribution in [3.63, 3.8) is 0 Å². The Morgan fingerprint density at radius 3 is 2.69 bits per heavy atom. The van der Waals surface area contributed by atoms with Crippen molar-refractivity contribution >= 4 is 0 Å². The number of aliphatic hydroxyl groups excluding tert-OH is 1. The van der Waals surface area contributed by atoms with Crippen LogP contribution in [0.5, 0.6) is 0 Å². The summed E-state index contributed by atoms with van der Waals surface area (Å²) in [5.41, 5.74) is 6.23. The van der Waals surface area contributed by atoms with E-state index in [0.717, 1.165) is 5.56 Å². The number of aromatic nitrogens is 1. The predicted molar refractivity (Wildman–Crippen MR) is 45.3 cm³/mol. The molecule has 2 rings (SSSR count). The van der Waals surface area contributed by atoms with Gasteiger partial charge >= 0.3 is 0 Å². The minimum atomic E-state index is -0.507. The molecule has 1 heterocycles. The van der Waals surface area contributed by atoms with Gasteiger partial charge in [-0.1, -0.05) is 6.07 Å². The fraction of sp³-hybridized carbons (Fsp3) is 0.444. The van der Waals surface area contributed by atoms with Crippen LogP contribution in [-0.2, 0) is 5.54 Å². The van der Waals surface area contributed by atoms with Gasteiger partial charge in [0.15, 0.2) is 0 Å². The minimum absolute atomic E-state index is 0.324. The fourth-order valence-corrected chi connectivity index (χ4v) is 1.69. The fourth-order valence-electron chi connectivity index (χ4n) is 1.69. The number of aliphatic hydroxyl groups is 1. The Hall–Kier alpha value is -1.00. The van der Waals surface area contributed by atoms with Gasteiger partial charge in [0.05, 0.1) is 6.10 Å². The van der Waals surface area contributed by atoms with Gasteiger partial charge in [-0.25, -0.2) is 4.98 Å². The van der Waals surface area contributed by atoms with Gasteiger partial charge in [0, 0.05) is 11.7 Å². The quantitative estimate of drug-likeness (QED) is 0.623. The molecule has 1 fully saturated rings. The summed E-state index contributed by atoms with van der Waals surface area (Å²) in [6, 6.07) is 2.91. The molecule has 0 aromatic carbocycles. The van der Waals surface area contributed by atoms with Gasteiger partial charge in [-0.15, -0.1) is 0 Å². The SMILES string of the molecule is NC1(c2ccc(F)nc2)CC(O)C1. The van der Waals surface area contributed by atoms with Gasteiger partial charge in [-0.2, -0.15) is 4.39 Å². The van der Waals surface area contributed by atoms with Crippen LogP contribution in [0.3, 0.4) is 0 Å². The van der Waals surface area contributed by atoms with E-state index in [1.54, 1.807) is 6.07 Å². The lowest BCUT2D eigenvalue weighted by molar-refractivity contribution is 0.0207. The Bertz CT molecular complexity index is 306. The number of nitrogens with zero attached hydrogens (tertiary/aromatic N) is 1. The second-order valence-electron chi connectivity index (χ2n) is 3.59. The summed E-state index contributed by atoms with van der Waals surface area (Å²) >= 11 is 0. The molecule has 13 heavy (non-hydrogen) atoms. The highest BCUT2D eigenvalue weighted by molar-refractivity contribution is 5.24. The molecule has 0 radical (unpaired) electrons. The van der Waals surface area contributed by atoms with Crippen molar-refractivity contribution in [2.45, 2.75) is 24.5 Å². The first-order chi connectivity index (χ1) is 6.10. The first kappa shape index (κ1) is 8.59. The second kappa shape index (κ2) is 2.75. The number of halogens is 1. The summed E-state index contributed by atoms with van der Waals surface area (Å²) < 4.78 is 12.5. The van der Waals surface area contributed by atoms with E-state index in [2.05, 4.69) is 4.98 Å². The molecule has 0 spiro atoms. The Balaban J connectivity index is 2.22. The van der Waals surface area contributed by atoms with E-state index in [4.69, 9.17) is 10.8 Å². The van der Waals surface area contributed by atoms with Crippen molar-refractivity contribution in [2.24, 2.45) is 5.73 Å². The lowest BCUT2D eigenvalue weighted by Gasteiger charge is -2.42. The Morgan fingerprint density at radius 2 is 2.23 bits per heavy atom. The maximum Gasteiger partial charge on any atom is 0.212 e. The predicted octanol–water partition coefficient (Wildman–Crippen LogP) is 0.529. The molecule has 3 N–H and O–H groups in total. The maximum atomic E-state index is 12.5. The molecule has 1 aliphatic rings. The van der Waals surface area contributed by atoms with Crippen molar-refractivity contribution in [1.29, 1.82) is 0 Å². The normalized spacial score (nSPS) is 32.7. The van der Waals surface area contributed by atoms with Crippen LogP contribution in [0.1, 0.15) is 18.4 Å². The monoisotopic (exact) mass is 182 g/mol. The summed E-state index contributed by atoms with van der Waals surface area (Å²) in [5, 5.41) is 9.12. The molecule has 0 atom stereocenters. The maximum absolute atomic E-state index is 12.5. The van der Waals surface area contributed by atoms with Crippen LogP contribution in [-0.4, -0.2) is 16.2 Å². The molecule has 70 valence electrons. The van der Waals surface area contributed by atoms with E-state index in [0.29, 0.717) is 12.8 Å². The average molecular weight is 182 g/mol. The van der Waals surface area contributed by atoms with Crippen molar-refractivity contribution in [3.05, 3.63) is 29.8 Å². The van der Waals surface area contributed by atoms with Gasteiger partial charge in [0.25, 0.3) is 0 Å². The van der Waals surface area contributed by atoms with Gasteiger partial charge in [-0.3, -0.25) is 0 Å². The van der Waals surface area contributed by atoms with E-state index in [9.17, 15) is 4.39 Å². The van der Waals surface area contributed by atoms with Crippen LogP contribution in [0.15, 0.2) is 18.3 Å². The number of hydrogen-bond acceptors (Lipinski definition) is 3. The number of nitrogens with two attached hydrogens (primary N) is 1. The van der Waals surface area contributed by atoms with E-state index in [1.165, 1.54) is 12.3 Å². The van der Waals surface area contributed by atoms with Crippen LogP contribution in [0.25, 0.3) is 0 Å². The molecule has 0 aliphatic heterocycles. The third kappa shape index (κ3) is 1.43. The molecule has 0 amide bonds. The molecule has 1 aliphatic carbocycles. The lowest BCUT2D eigenvalue weighted by atomic mass is 9.71. The standard InChI is InChI=1S/C9H11FN2O/c10-8-2-1-6(5-12-8)9(11)3-7(13)4-9/h1-2,5,7,13H,3-4,11H2. The zero-order valence-corrected chi connectivity index (χ0v) is 7.07. The molecule has 0 bridgehead atoms. The summed E-state index contributed by atoms with van der Waals surface area (Å²) in [6.45, 7) is 0. The van der Waals surface area contributed by atoms with E-state index in [1.807, 2.05) is 0 Å². The van der Waals surface area contributed by atoms with Gasteiger partial charge in [0.2, 0.25) is 5.95 Å². The topological polar surface area (TPSA) is 59.1 Å². The van der Waals surface area contributed by atoms with E-state index >= 15 is 0 Å². The molecule has 4 heteroatoms. The lowest BCUT2D eigenvalue weighted by Crippen LogP contribution is -2.51. The molecular formula is C9H11FN2O. The molecule has 0 unspecified atom stereocenters. The van der Waals surface area contributed by atoms with Crippen LogP contribution in [0, 0.1) is 5.95 Å². The molecular weight excluding hydrogens is 171 g/mol. The van der Waals surface area contributed by atoms with Crippen LogP contribution >= 0.6 is 0 Å². The molecule has 1 saturated carbocycles. The number of rotatable bonds is 1. The molecule has 1 aromatic rings. The first-order valence-electron chi connectivity index (χ1n) is 4.19. The molecule has 3 nitrogen and oxygen atoms in total. The van der Waals surface area contributed by atoms with E-state index in [-0.39, 0.29) is 6.10 Å². The highest BCUT2D eigenvalue weighted by Gasteiger charge is 2.41. The third-order valence-corrected chi connectivity index (χ3v) is 2.50. The zero-order chi connectivity index (χ0) is 9.47. The van der Waals surface area contributed by atoms with E-state index < -0.39 is 11.5 Å². The van der Waals surface area contributed by atoms with Gasteiger partial charge < -0.3 is 10.8 Å². The number of pyridine rings is 1. The van der Waals surface area contributed by atoms with Crippen LogP contribution < -0.4 is 5.73 Å². The largest absolute Gasteiger partial charge is 0.393 e. The Kier molecular flexibility index (Phi) is 1.82. The molecule has 1 aromatic heterocycles. The second-order valence-corrected chi connectivity index (χ2v) is 3.59. The van der Waals surface area contributed by atoms with Crippen molar-refractivity contribution in [1.82, 2.24) is 4.98 Å². The summed E-state index contributed by atoms with van der Waals surface area (Å²) in [4.78, 5) is 3.52. The summed E-state index contributed by atoms with van der Waals surface area (Å²) in [6.07, 6.45) is 2.16. The minimum Gasteiger partial charge on any atom is -0.393 e. The van der Waals surface area contributed by atoms with Gasteiger partial charge in [0.1, 0.15) is 0 Å². The van der Waals surface area contributed by atoms with Crippen molar-refractivity contribution < 1.29 is 9.50 Å². The summed E-state index contributed by atoms with van der Waals surface area (Å²) in [5.74, 6) is -0.507. The number of hydrogen-bond donors (Lipinski definition) is 2. The Labute approximate surface area is 75.4 Å².